The molecule has 0 aliphatic carbocycles. The van der Waals surface area contributed by atoms with Gasteiger partial charge in [0.2, 0.25) is 0 Å². The van der Waals surface area contributed by atoms with E-state index in [9.17, 15) is 0 Å². The van der Waals surface area contributed by atoms with E-state index in [1.54, 1.807) is 14.2 Å². The van der Waals surface area contributed by atoms with Gasteiger partial charge in [0, 0.05) is 20.1 Å². The minimum absolute atomic E-state index is 0.181. The van der Waals surface area contributed by atoms with Crippen LogP contribution in [0.15, 0.2) is 0 Å². The Bertz CT molecular complexity index is 153. The molecule has 17 heavy (non-hydrogen) atoms. The smallest absolute Gasteiger partial charge is 0.0700 e. The van der Waals surface area contributed by atoms with Crippen molar-refractivity contribution in [3.63, 3.8) is 0 Å². The van der Waals surface area contributed by atoms with Crippen LogP contribution in [-0.2, 0) is 18.9 Å². The highest BCUT2D eigenvalue weighted by Crippen LogP contribution is 2.26. The largest absolute Gasteiger partial charge is 0.382 e. The summed E-state index contributed by atoms with van der Waals surface area (Å²) < 4.78 is 21.1. The van der Waals surface area contributed by atoms with E-state index in [0.29, 0.717) is 45.6 Å². The second-order valence-electron chi connectivity index (χ2n) is 5.20. The molecule has 0 saturated heterocycles. The molecule has 0 unspecified atom stereocenters. The molecule has 4 nitrogen and oxygen atoms in total. The molecule has 0 saturated carbocycles. The molecule has 4 heteroatoms. The quantitative estimate of drug-likeness (QED) is 0.554. The summed E-state index contributed by atoms with van der Waals surface area (Å²) >= 11 is 0. The summed E-state index contributed by atoms with van der Waals surface area (Å²) in [6.45, 7) is 10.6. The summed E-state index contributed by atoms with van der Waals surface area (Å²) in [7, 11) is 3.36. The van der Waals surface area contributed by atoms with Crippen molar-refractivity contribution in [2.24, 2.45) is 11.3 Å². The number of hydrogen-bond donors (Lipinski definition) is 0. The minimum atomic E-state index is 0.181. The Morgan fingerprint density at radius 2 is 1.18 bits per heavy atom. The van der Waals surface area contributed by atoms with Crippen LogP contribution in [0.25, 0.3) is 0 Å². The summed E-state index contributed by atoms with van der Waals surface area (Å²) in [6, 6.07) is 0. The van der Waals surface area contributed by atoms with E-state index in [-0.39, 0.29) is 5.41 Å². The van der Waals surface area contributed by atoms with E-state index < -0.39 is 0 Å². The maximum Gasteiger partial charge on any atom is 0.0700 e. The molecule has 0 fully saturated rings. The zero-order valence-corrected chi connectivity index (χ0v) is 12.0. The van der Waals surface area contributed by atoms with Crippen LogP contribution in [0.3, 0.4) is 0 Å². The lowest BCUT2D eigenvalue weighted by molar-refractivity contribution is -0.0247. The molecule has 0 spiro atoms. The minimum Gasteiger partial charge on any atom is -0.382 e. The van der Waals surface area contributed by atoms with Gasteiger partial charge in [-0.15, -0.1) is 0 Å². The van der Waals surface area contributed by atoms with Crippen molar-refractivity contribution in [3.8, 4) is 0 Å². The fourth-order valence-corrected chi connectivity index (χ4v) is 1.28. The van der Waals surface area contributed by atoms with Crippen molar-refractivity contribution >= 4 is 0 Å². The average molecular weight is 248 g/mol. The van der Waals surface area contributed by atoms with Crippen LogP contribution in [0.4, 0.5) is 0 Å². The van der Waals surface area contributed by atoms with E-state index in [1.807, 2.05) is 0 Å². The van der Waals surface area contributed by atoms with Crippen LogP contribution < -0.4 is 0 Å². The summed E-state index contributed by atoms with van der Waals surface area (Å²) in [5.74, 6) is 0.385. The third kappa shape index (κ3) is 9.53. The SMILES string of the molecule is COCCOCC(COCCOC)C(C)(C)C. The third-order valence-electron chi connectivity index (χ3n) is 2.73. The van der Waals surface area contributed by atoms with Crippen molar-refractivity contribution in [1.29, 1.82) is 0 Å². The van der Waals surface area contributed by atoms with Gasteiger partial charge in [0.05, 0.1) is 39.6 Å². The molecule has 0 aliphatic heterocycles. The van der Waals surface area contributed by atoms with E-state index in [0.717, 1.165) is 0 Å². The Morgan fingerprint density at radius 3 is 1.47 bits per heavy atom. The number of ether oxygens (including phenoxy) is 4. The molecule has 0 amide bonds. The maximum absolute atomic E-state index is 5.58. The van der Waals surface area contributed by atoms with E-state index >= 15 is 0 Å². The summed E-state index contributed by atoms with van der Waals surface area (Å²) in [4.78, 5) is 0. The number of methoxy groups -OCH3 is 2. The molecule has 0 rings (SSSR count). The lowest BCUT2D eigenvalue weighted by atomic mass is 9.82. The van der Waals surface area contributed by atoms with Crippen LogP contribution in [0.2, 0.25) is 0 Å². The molecular weight excluding hydrogens is 220 g/mol. The second-order valence-corrected chi connectivity index (χ2v) is 5.20. The molecule has 0 aromatic carbocycles. The lowest BCUT2D eigenvalue weighted by Crippen LogP contribution is -2.30. The predicted molar refractivity (Wildman–Crippen MR) is 68.3 cm³/mol. The Hall–Kier alpha value is -0.160. The molecule has 104 valence electrons. The Labute approximate surface area is 106 Å². The molecule has 0 aromatic rings. The highest BCUT2D eigenvalue weighted by atomic mass is 16.5. The second kappa shape index (κ2) is 9.83. The van der Waals surface area contributed by atoms with E-state index in [2.05, 4.69) is 20.8 Å². The standard InChI is InChI=1S/C13H28O4/c1-13(2,3)12(10-16-8-6-14-4)11-17-9-7-15-5/h12H,6-11H2,1-5H3. The van der Waals surface area contributed by atoms with Crippen LogP contribution in [0, 0.1) is 11.3 Å². The van der Waals surface area contributed by atoms with Gasteiger partial charge in [0.1, 0.15) is 0 Å². The first-order valence-corrected chi connectivity index (χ1v) is 6.15. The molecule has 0 atom stereocenters. The fraction of sp³-hybridized carbons (Fsp3) is 1.00. The van der Waals surface area contributed by atoms with Crippen LogP contribution in [0.5, 0.6) is 0 Å². The highest BCUT2D eigenvalue weighted by Gasteiger charge is 2.24. The van der Waals surface area contributed by atoms with Gasteiger partial charge in [-0.1, -0.05) is 20.8 Å². The molecule has 0 aromatic heterocycles. The van der Waals surface area contributed by atoms with Gasteiger partial charge in [-0.3, -0.25) is 0 Å². The molecular formula is C13H28O4. The van der Waals surface area contributed by atoms with Crippen molar-refractivity contribution in [1.82, 2.24) is 0 Å². The summed E-state index contributed by atoms with van der Waals surface area (Å²) in [5.41, 5.74) is 0.181. The fourth-order valence-electron chi connectivity index (χ4n) is 1.28. The Morgan fingerprint density at radius 1 is 0.765 bits per heavy atom. The zero-order valence-electron chi connectivity index (χ0n) is 12.0. The van der Waals surface area contributed by atoms with Crippen molar-refractivity contribution in [2.75, 3.05) is 53.9 Å². The van der Waals surface area contributed by atoms with Crippen LogP contribution >= 0.6 is 0 Å². The van der Waals surface area contributed by atoms with Crippen molar-refractivity contribution in [3.05, 3.63) is 0 Å². The molecule has 0 heterocycles. The average Bonchev–Trinajstić information content (AvgIpc) is 2.25. The van der Waals surface area contributed by atoms with Crippen molar-refractivity contribution < 1.29 is 18.9 Å². The monoisotopic (exact) mass is 248 g/mol. The molecule has 0 N–H and O–H groups in total. The zero-order chi connectivity index (χ0) is 13.1. The lowest BCUT2D eigenvalue weighted by Gasteiger charge is -2.30. The Kier molecular flexibility index (Phi) is 9.74. The number of rotatable bonds is 10. The highest BCUT2D eigenvalue weighted by molar-refractivity contribution is 4.73. The van der Waals surface area contributed by atoms with Crippen LogP contribution in [0.1, 0.15) is 20.8 Å². The Balaban J connectivity index is 3.81. The van der Waals surface area contributed by atoms with Crippen molar-refractivity contribution in [2.45, 2.75) is 20.8 Å². The molecule has 0 radical (unpaired) electrons. The summed E-state index contributed by atoms with van der Waals surface area (Å²) in [5, 5.41) is 0. The number of hydrogen-bond acceptors (Lipinski definition) is 4. The van der Waals surface area contributed by atoms with Gasteiger partial charge in [-0.25, -0.2) is 0 Å². The van der Waals surface area contributed by atoms with Gasteiger partial charge >= 0.3 is 0 Å². The van der Waals surface area contributed by atoms with Gasteiger partial charge in [0.25, 0.3) is 0 Å². The predicted octanol–water partition coefficient (Wildman–Crippen LogP) is 1.97. The summed E-state index contributed by atoms with van der Waals surface area (Å²) in [6.07, 6.45) is 0. The first-order chi connectivity index (χ1) is 8.02. The van der Waals surface area contributed by atoms with Gasteiger partial charge in [-0.2, -0.15) is 0 Å². The first-order valence-electron chi connectivity index (χ1n) is 6.15. The maximum atomic E-state index is 5.58. The molecule has 0 bridgehead atoms. The van der Waals surface area contributed by atoms with Crippen LogP contribution in [-0.4, -0.2) is 53.9 Å². The van der Waals surface area contributed by atoms with Gasteiger partial charge < -0.3 is 18.9 Å². The van der Waals surface area contributed by atoms with E-state index in [4.69, 9.17) is 18.9 Å². The van der Waals surface area contributed by atoms with E-state index in [1.165, 1.54) is 0 Å². The van der Waals surface area contributed by atoms with Gasteiger partial charge in [0.15, 0.2) is 0 Å². The third-order valence-corrected chi connectivity index (χ3v) is 2.73. The molecule has 0 aliphatic rings. The topological polar surface area (TPSA) is 36.9 Å². The van der Waals surface area contributed by atoms with Gasteiger partial charge in [-0.05, 0) is 5.41 Å². The first kappa shape index (κ1) is 16.8. The normalized spacial score (nSPS) is 12.4.